The standard InChI is InChI=1S/C11H9ClO/c12-9-11-7-2-1-5-10(11)6-3-4-8-13/h1-2,5,7-8H,4,9H2. The van der Waals surface area contributed by atoms with E-state index in [1.165, 1.54) is 0 Å². The average molecular weight is 193 g/mol. The molecule has 0 N–H and O–H groups in total. The Bertz CT molecular complexity index is 347. The maximum absolute atomic E-state index is 10.0. The van der Waals surface area contributed by atoms with Crippen molar-refractivity contribution in [1.82, 2.24) is 0 Å². The van der Waals surface area contributed by atoms with Crippen LogP contribution in [0, 0.1) is 11.8 Å². The highest BCUT2D eigenvalue weighted by molar-refractivity contribution is 6.17. The van der Waals surface area contributed by atoms with Crippen LogP contribution < -0.4 is 0 Å². The van der Waals surface area contributed by atoms with Crippen LogP contribution in [-0.2, 0) is 10.7 Å². The van der Waals surface area contributed by atoms with Gasteiger partial charge in [0.2, 0.25) is 0 Å². The van der Waals surface area contributed by atoms with Crippen molar-refractivity contribution in [1.29, 1.82) is 0 Å². The second-order valence-corrected chi connectivity index (χ2v) is 2.73. The zero-order valence-corrected chi connectivity index (χ0v) is 7.84. The number of alkyl halides is 1. The van der Waals surface area contributed by atoms with Crippen LogP contribution >= 0.6 is 11.6 Å². The average Bonchev–Trinajstić information content (AvgIpc) is 2.19. The van der Waals surface area contributed by atoms with Crippen LogP contribution in [0.25, 0.3) is 0 Å². The minimum atomic E-state index is 0.274. The second-order valence-electron chi connectivity index (χ2n) is 2.46. The molecule has 0 atom stereocenters. The smallest absolute Gasteiger partial charge is 0.131 e. The molecule has 0 aliphatic carbocycles. The molecule has 1 aromatic rings. The van der Waals surface area contributed by atoms with Crippen molar-refractivity contribution in [2.24, 2.45) is 0 Å². The highest BCUT2D eigenvalue weighted by Gasteiger charge is 1.94. The summed E-state index contributed by atoms with van der Waals surface area (Å²) in [4.78, 5) is 10.0. The Kier molecular flexibility index (Phi) is 4.08. The highest BCUT2D eigenvalue weighted by atomic mass is 35.5. The fourth-order valence-corrected chi connectivity index (χ4v) is 1.18. The summed E-state index contributed by atoms with van der Waals surface area (Å²) in [6.07, 6.45) is 1.06. The lowest BCUT2D eigenvalue weighted by Crippen LogP contribution is -1.84. The molecule has 1 nitrogen and oxygen atoms in total. The Hall–Kier alpha value is -1.26. The number of benzene rings is 1. The van der Waals surface area contributed by atoms with Crippen LogP contribution in [0.3, 0.4) is 0 Å². The van der Waals surface area contributed by atoms with Crippen LogP contribution in [-0.4, -0.2) is 6.29 Å². The molecule has 13 heavy (non-hydrogen) atoms. The molecular weight excluding hydrogens is 184 g/mol. The Morgan fingerprint density at radius 3 is 2.85 bits per heavy atom. The van der Waals surface area contributed by atoms with Gasteiger partial charge in [-0.15, -0.1) is 11.6 Å². The van der Waals surface area contributed by atoms with Gasteiger partial charge in [-0.3, -0.25) is 0 Å². The van der Waals surface area contributed by atoms with E-state index in [-0.39, 0.29) is 6.42 Å². The van der Waals surface area contributed by atoms with E-state index >= 15 is 0 Å². The Morgan fingerprint density at radius 2 is 2.15 bits per heavy atom. The Balaban J connectivity index is 2.88. The maximum atomic E-state index is 10.0. The largest absolute Gasteiger partial charge is 0.302 e. The second kappa shape index (κ2) is 5.40. The summed E-state index contributed by atoms with van der Waals surface area (Å²) in [7, 11) is 0. The number of carbonyl (C=O) groups excluding carboxylic acids is 1. The molecule has 0 heterocycles. The molecule has 0 spiro atoms. The Labute approximate surface area is 82.7 Å². The van der Waals surface area contributed by atoms with Crippen LogP contribution in [0.5, 0.6) is 0 Å². The summed E-state index contributed by atoms with van der Waals surface area (Å²) >= 11 is 5.71. The van der Waals surface area contributed by atoms with Crippen LogP contribution in [0.2, 0.25) is 0 Å². The van der Waals surface area contributed by atoms with Crippen molar-refractivity contribution in [3.8, 4) is 11.8 Å². The normalized spacial score (nSPS) is 8.69. The van der Waals surface area contributed by atoms with Gasteiger partial charge < -0.3 is 4.79 Å². The van der Waals surface area contributed by atoms with Gasteiger partial charge in [0.1, 0.15) is 6.29 Å². The van der Waals surface area contributed by atoms with Gasteiger partial charge in [-0.05, 0) is 11.6 Å². The van der Waals surface area contributed by atoms with Gasteiger partial charge in [0.05, 0.1) is 6.42 Å². The fraction of sp³-hybridized carbons (Fsp3) is 0.182. The third-order valence-corrected chi connectivity index (χ3v) is 1.86. The molecule has 1 aromatic carbocycles. The SMILES string of the molecule is O=CCC#Cc1ccccc1CCl. The topological polar surface area (TPSA) is 17.1 Å². The zero-order chi connectivity index (χ0) is 9.52. The van der Waals surface area contributed by atoms with Crippen molar-refractivity contribution in [2.75, 3.05) is 0 Å². The van der Waals surface area contributed by atoms with E-state index in [1.54, 1.807) is 0 Å². The van der Waals surface area contributed by atoms with E-state index in [2.05, 4.69) is 11.8 Å². The highest BCUT2D eigenvalue weighted by Crippen LogP contribution is 2.09. The van der Waals surface area contributed by atoms with Crippen molar-refractivity contribution < 1.29 is 4.79 Å². The number of hydrogen-bond donors (Lipinski definition) is 0. The maximum Gasteiger partial charge on any atom is 0.131 e. The fourth-order valence-electron chi connectivity index (χ4n) is 0.947. The molecule has 0 bridgehead atoms. The number of aldehydes is 1. The van der Waals surface area contributed by atoms with Gasteiger partial charge in [0.15, 0.2) is 0 Å². The lowest BCUT2D eigenvalue weighted by Gasteiger charge is -1.97. The van der Waals surface area contributed by atoms with E-state index in [0.717, 1.165) is 17.4 Å². The van der Waals surface area contributed by atoms with Gasteiger partial charge in [-0.2, -0.15) is 0 Å². The lowest BCUT2D eigenvalue weighted by atomic mass is 10.1. The van der Waals surface area contributed by atoms with Gasteiger partial charge in [0, 0.05) is 11.4 Å². The third-order valence-electron chi connectivity index (χ3n) is 1.57. The molecule has 1 rings (SSSR count). The van der Waals surface area contributed by atoms with Gasteiger partial charge in [-0.1, -0.05) is 30.0 Å². The summed E-state index contributed by atoms with van der Waals surface area (Å²) in [6.45, 7) is 0. The van der Waals surface area contributed by atoms with Crippen molar-refractivity contribution in [2.45, 2.75) is 12.3 Å². The monoisotopic (exact) mass is 192 g/mol. The molecule has 2 heteroatoms. The first-order chi connectivity index (χ1) is 6.38. The minimum absolute atomic E-state index is 0.274. The molecule has 0 radical (unpaired) electrons. The van der Waals surface area contributed by atoms with E-state index in [9.17, 15) is 4.79 Å². The van der Waals surface area contributed by atoms with Gasteiger partial charge >= 0.3 is 0 Å². The predicted octanol–water partition coefficient (Wildman–Crippen LogP) is 2.37. The number of hydrogen-bond acceptors (Lipinski definition) is 1. The Morgan fingerprint density at radius 1 is 1.38 bits per heavy atom. The molecule has 0 saturated carbocycles. The van der Waals surface area contributed by atoms with E-state index in [1.807, 2.05) is 24.3 Å². The number of rotatable bonds is 2. The molecule has 0 amide bonds. The summed E-state index contributed by atoms with van der Waals surface area (Å²) in [5.41, 5.74) is 1.90. The summed E-state index contributed by atoms with van der Waals surface area (Å²) in [6, 6.07) is 7.65. The van der Waals surface area contributed by atoms with Crippen LogP contribution in [0.1, 0.15) is 17.5 Å². The summed E-state index contributed by atoms with van der Waals surface area (Å²) in [5, 5.41) is 0. The molecule has 0 unspecified atom stereocenters. The first-order valence-corrected chi connectivity index (χ1v) is 4.48. The molecule has 0 aliphatic heterocycles. The van der Waals surface area contributed by atoms with E-state index in [4.69, 9.17) is 11.6 Å². The van der Waals surface area contributed by atoms with E-state index < -0.39 is 0 Å². The molecular formula is C11H9ClO. The summed E-state index contributed by atoms with van der Waals surface area (Å²) < 4.78 is 0. The molecule has 0 fully saturated rings. The first-order valence-electron chi connectivity index (χ1n) is 3.95. The van der Waals surface area contributed by atoms with Crippen molar-refractivity contribution in [3.63, 3.8) is 0 Å². The quantitative estimate of drug-likeness (QED) is 0.400. The van der Waals surface area contributed by atoms with Crippen LogP contribution in [0.4, 0.5) is 0 Å². The van der Waals surface area contributed by atoms with Crippen molar-refractivity contribution >= 4 is 17.9 Å². The molecule has 66 valence electrons. The summed E-state index contributed by atoms with van der Waals surface area (Å²) in [5.74, 6) is 6.10. The molecule has 0 aliphatic rings. The molecule has 0 aromatic heterocycles. The third kappa shape index (κ3) is 2.93. The number of halogens is 1. The number of carbonyl (C=O) groups is 1. The first kappa shape index (κ1) is 9.83. The van der Waals surface area contributed by atoms with Crippen LogP contribution in [0.15, 0.2) is 24.3 Å². The predicted molar refractivity (Wildman–Crippen MR) is 53.6 cm³/mol. The van der Waals surface area contributed by atoms with Crippen molar-refractivity contribution in [3.05, 3.63) is 35.4 Å². The zero-order valence-electron chi connectivity index (χ0n) is 7.09. The lowest BCUT2D eigenvalue weighted by molar-refractivity contribution is -0.107. The van der Waals surface area contributed by atoms with E-state index in [0.29, 0.717) is 5.88 Å². The van der Waals surface area contributed by atoms with Gasteiger partial charge in [0.25, 0.3) is 0 Å². The van der Waals surface area contributed by atoms with Gasteiger partial charge in [-0.25, -0.2) is 0 Å². The molecule has 0 saturated heterocycles. The minimum Gasteiger partial charge on any atom is -0.302 e.